The molecule has 0 atom stereocenters. The summed E-state index contributed by atoms with van der Waals surface area (Å²) >= 11 is 0. The third kappa shape index (κ3) is 4.11. The summed E-state index contributed by atoms with van der Waals surface area (Å²) in [7, 11) is 1.71. The van der Waals surface area contributed by atoms with Gasteiger partial charge in [0.05, 0.1) is 0 Å². The van der Waals surface area contributed by atoms with Crippen molar-refractivity contribution in [3.63, 3.8) is 0 Å². The summed E-state index contributed by atoms with van der Waals surface area (Å²) in [5.74, 6) is 0.527. The standard InChI is InChI=1S/C21H22N2O3/c1-3-15-8-10-17(11-9-15)26-14-21(25)23(2)13-16-12-20(24)22-19-7-5-4-6-18(16)19/h4-12H,3,13-14H2,1-2H3,(H,22,24). The molecule has 0 saturated carbocycles. The molecule has 0 aliphatic heterocycles. The Labute approximate surface area is 152 Å². The number of aromatic nitrogens is 1. The Balaban J connectivity index is 1.66. The average molecular weight is 350 g/mol. The highest BCUT2D eigenvalue weighted by molar-refractivity contribution is 5.83. The Hall–Kier alpha value is -3.08. The minimum atomic E-state index is -0.174. The van der Waals surface area contributed by atoms with Gasteiger partial charge >= 0.3 is 0 Å². The molecule has 5 heteroatoms. The van der Waals surface area contributed by atoms with Crippen LogP contribution < -0.4 is 10.3 Å². The van der Waals surface area contributed by atoms with Gasteiger partial charge < -0.3 is 14.6 Å². The molecule has 26 heavy (non-hydrogen) atoms. The molecule has 3 rings (SSSR count). The first-order valence-corrected chi connectivity index (χ1v) is 8.63. The SMILES string of the molecule is CCc1ccc(OCC(=O)N(C)Cc2cc(=O)[nH]c3ccccc23)cc1. The van der Waals surface area contributed by atoms with Crippen molar-refractivity contribution in [3.05, 3.63) is 76.1 Å². The molecule has 134 valence electrons. The first kappa shape index (κ1) is 17.7. The van der Waals surface area contributed by atoms with Crippen LogP contribution >= 0.6 is 0 Å². The summed E-state index contributed by atoms with van der Waals surface area (Å²) in [5, 5.41) is 0.933. The Morgan fingerprint density at radius 2 is 1.85 bits per heavy atom. The molecule has 0 saturated heterocycles. The fourth-order valence-corrected chi connectivity index (χ4v) is 2.83. The van der Waals surface area contributed by atoms with E-state index in [1.165, 1.54) is 11.6 Å². The molecule has 2 aromatic carbocycles. The second-order valence-electron chi connectivity index (χ2n) is 6.24. The van der Waals surface area contributed by atoms with Crippen LogP contribution in [0.4, 0.5) is 0 Å². The van der Waals surface area contributed by atoms with E-state index in [0.29, 0.717) is 12.3 Å². The van der Waals surface area contributed by atoms with Crippen LogP contribution in [0.3, 0.4) is 0 Å². The highest BCUT2D eigenvalue weighted by Crippen LogP contribution is 2.16. The van der Waals surface area contributed by atoms with E-state index in [1.54, 1.807) is 11.9 Å². The molecule has 0 bridgehead atoms. The predicted octanol–water partition coefficient (Wildman–Crippen LogP) is 3.13. The van der Waals surface area contributed by atoms with Crippen LogP contribution in [-0.4, -0.2) is 29.4 Å². The number of carbonyl (C=O) groups is 1. The van der Waals surface area contributed by atoms with Crippen LogP contribution in [0, 0.1) is 0 Å². The molecule has 1 aromatic heterocycles. The van der Waals surface area contributed by atoms with Crippen molar-refractivity contribution in [2.75, 3.05) is 13.7 Å². The fraction of sp³-hybridized carbons (Fsp3) is 0.238. The van der Waals surface area contributed by atoms with Gasteiger partial charge in [-0.15, -0.1) is 0 Å². The first-order valence-electron chi connectivity index (χ1n) is 8.63. The number of H-pyrrole nitrogens is 1. The van der Waals surface area contributed by atoms with E-state index in [0.717, 1.165) is 22.9 Å². The molecule has 1 N–H and O–H groups in total. The van der Waals surface area contributed by atoms with E-state index < -0.39 is 0 Å². The van der Waals surface area contributed by atoms with Crippen molar-refractivity contribution >= 4 is 16.8 Å². The minimum Gasteiger partial charge on any atom is -0.484 e. The number of benzene rings is 2. The topological polar surface area (TPSA) is 62.4 Å². The number of nitrogens with one attached hydrogen (secondary N) is 1. The van der Waals surface area contributed by atoms with Gasteiger partial charge in [-0.25, -0.2) is 0 Å². The van der Waals surface area contributed by atoms with Gasteiger partial charge in [-0.1, -0.05) is 37.3 Å². The second-order valence-corrected chi connectivity index (χ2v) is 6.24. The molecule has 0 spiro atoms. The zero-order valence-corrected chi connectivity index (χ0v) is 15.0. The lowest BCUT2D eigenvalue weighted by Crippen LogP contribution is -2.31. The molecular formula is C21H22N2O3. The molecule has 1 heterocycles. The summed E-state index contributed by atoms with van der Waals surface area (Å²) in [6.07, 6.45) is 0.964. The molecule has 0 aliphatic rings. The number of rotatable bonds is 6. The van der Waals surface area contributed by atoms with Crippen LogP contribution in [0.25, 0.3) is 10.9 Å². The van der Waals surface area contributed by atoms with Crippen molar-refractivity contribution in [2.24, 2.45) is 0 Å². The third-order valence-electron chi connectivity index (χ3n) is 4.36. The maximum absolute atomic E-state index is 12.4. The normalized spacial score (nSPS) is 10.7. The summed E-state index contributed by atoms with van der Waals surface area (Å²) in [5.41, 5.74) is 2.63. The lowest BCUT2D eigenvalue weighted by atomic mass is 10.1. The maximum atomic E-state index is 12.4. The lowest BCUT2D eigenvalue weighted by molar-refractivity contribution is -0.132. The van der Waals surface area contributed by atoms with Gasteiger partial charge in [0.15, 0.2) is 6.61 Å². The van der Waals surface area contributed by atoms with Crippen LogP contribution in [0.5, 0.6) is 5.75 Å². The Morgan fingerprint density at radius 1 is 1.12 bits per heavy atom. The van der Waals surface area contributed by atoms with E-state index in [-0.39, 0.29) is 18.1 Å². The van der Waals surface area contributed by atoms with E-state index in [1.807, 2.05) is 48.5 Å². The smallest absolute Gasteiger partial charge is 0.260 e. The molecule has 5 nitrogen and oxygen atoms in total. The second kappa shape index (κ2) is 7.87. The number of carbonyl (C=O) groups excluding carboxylic acids is 1. The number of nitrogens with zero attached hydrogens (tertiary/aromatic N) is 1. The van der Waals surface area contributed by atoms with Gasteiger partial charge in [-0.3, -0.25) is 9.59 Å². The van der Waals surface area contributed by atoms with Crippen LogP contribution in [0.15, 0.2) is 59.4 Å². The fourth-order valence-electron chi connectivity index (χ4n) is 2.83. The highest BCUT2D eigenvalue weighted by Gasteiger charge is 2.12. The number of likely N-dealkylation sites (N-methyl/N-ethyl adjacent to an activating group) is 1. The number of ether oxygens (including phenoxy) is 1. The number of fused-ring (bicyclic) bond motifs is 1. The van der Waals surface area contributed by atoms with Crippen molar-refractivity contribution in [1.82, 2.24) is 9.88 Å². The van der Waals surface area contributed by atoms with Crippen molar-refractivity contribution < 1.29 is 9.53 Å². The first-order chi connectivity index (χ1) is 12.6. The Morgan fingerprint density at radius 3 is 2.58 bits per heavy atom. The van der Waals surface area contributed by atoms with E-state index in [2.05, 4.69) is 11.9 Å². The van der Waals surface area contributed by atoms with Gasteiger partial charge in [0.2, 0.25) is 5.56 Å². The van der Waals surface area contributed by atoms with Gasteiger partial charge in [-0.05, 0) is 35.7 Å². The number of pyridine rings is 1. The summed E-state index contributed by atoms with van der Waals surface area (Å²) in [6, 6.07) is 16.8. The van der Waals surface area contributed by atoms with E-state index in [4.69, 9.17) is 4.74 Å². The van der Waals surface area contributed by atoms with Crippen LogP contribution in [0.1, 0.15) is 18.1 Å². The van der Waals surface area contributed by atoms with Gasteiger partial charge in [-0.2, -0.15) is 0 Å². The van der Waals surface area contributed by atoms with Crippen molar-refractivity contribution in [1.29, 1.82) is 0 Å². The molecule has 0 fully saturated rings. The Kier molecular flexibility index (Phi) is 5.37. The quantitative estimate of drug-likeness (QED) is 0.743. The van der Waals surface area contributed by atoms with Crippen LogP contribution in [-0.2, 0) is 17.8 Å². The number of aromatic amines is 1. The number of amides is 1. The van der Waals surface area contributed by atoms with Gasteiger partial charge in [0.1, 0.15) is 5.75 Å². The molecule has 0 aliphatic carbocycles. The molecule has 1 amide bonds. The van der Waals surface area contributed by atoms with Gasteiger partial charge in [0, 0.05) is 30.6 Å². The number of para-hydroxylation sites is 1. The molecule has 0 radical (unpaired) electrons. The Bertz CT molecular complexity index is 961. The average Bonchev–Trinajstić information content (AvgIpc) is 2.66. The summed E-state index contributed by atoms with van der Waals surface area (Å²) in [6.45, 7) is 2.40. The van der Waals surface area contributed by atoms with E-state index in [9.17, 15) is 9.59 Å². The third-order valence-corrected chi connectivity index (χ3v) is 4.36. The summed E-state index contributed by atoms with van der Waals surface area (Å²) < 4.78 is 5.58. The molecular weight excluding hydrogens is 328 g/mol. The molecule has 3 aromatic rings. The zero-order chi connectivity index (χ0) is 18.5. The number of aryl methyl sites for hydroxylation is 1. The maximum Gasteiger partial charge on any atom is 0.260 e. The van der Waals surface area contributed by atoms with Crippen LogP contribution in [0.2, 0.25) is 0 Å². The number of hydrogen-bond acceptors (Lipinski definition) is 3. The number of hydrogen-bond donors (Lipinski definition) is 1. The lowest BCUT2D eigenvalue weighted by Gasteiger charge is -2.18. The monoisotopic (exact) mass is 350 g/mol. The predicted molar refractivity (Wildman–Crippen MR) is 102 cm³/mol. The minimum absolute atomic E-state index is 0.0386. The van der Waals surface area contributed by atoms with Gasteiger partial charge in [0.25, 0.3) is 5.91 Å². The largest absolute Gasteiger partial charge is 0.484 e. The summed E-state index contributed by atoms with van der Waals surface area (Å²) in [4.78, 5) is 28.6. The molecule has 0 unspecified atom stereocenters. The van der Waals surface area contributed by atoms with E-state index >= 15 is 0 Å². The van der Waals surface area contributed by atoms with Crippen molar-refractivity contribution in [3.8, 4) is 5.75 Å². The zero-order valence-electron chi connectivity index (χ0n) is 15.0. The highest BCUT2D eigenvalue weighted by atomic mass is 16.5. The van der Waals surface area contributed by atoms with Crippen molar-refractivity contribution in [2.45, 2.75) is 19.9 Å².